The van der Waals surface area contributed by atoms with Crippen LogP contribution in [0.3, 0.4) is 0 Å². The van der Waals surface area contributed by atoms with Gasteiger partial charge in [-0.1, -0.05) is 0 Å². The Bertz CT molecular complexity index is 217. The number of amides is 2. The number of hydrogen-bond acceptors (Lipinski definition) is 3. The van der Waals surface area contributed by atoms with Crippen molar-refractivity contribution in [3.05, 3.63) is 0 Å². The molecule has 0 bridgehead atoms. The molecule has 5 nitrogen and oxygen atoms in total. The summed E-state index contributed by atoms with van der Waals surface area (Å²) in [5, 5.41) is 14.4. The highest BCUT2D eigenvalue weighted by Crippen LogP contribution is 2.16. The second-order valence-corrected chi connectivity index (χ2v) is 4.44. The summed E-state index contributed by atoms with van der Waals surface area (Å²) in [5.74, 6) is 0.416. The highest BCUT2D eigenvalue weighted by molar-refractivity contribution is 5.74. The van der Waals surface area contributed by atoms with Gasteiger partial charge in [0.15, 0.2) is 0 Å². The minimum absolute atomic E-state index is 0.00275. The van der Waals surface area contributed by atoms with Crippen LogP contribution in [0.4, 0.5) is 4.79 Å². The lowest BCUT2D eigenvalue weighted by Gasteiger charge is -2.21. The second-order valence-electron chi connectivity index (χ2n) is 4.44. The molecule has 2 unspecified atom stereocenters. The predicted octanol–water partition coefficient (Wildman–Crippen LogP) is 0.481. The maximum absolute atomic E-state index is 11.6. The molecular weight excluding hydrogens is 208 g/mol. The van der Waals surface area contributed by atoms with Crippen LogP contribution in [0.5, 0.6) is 0 Å². The van der Waals surface area contributed by atoms with Crippen LogP contribution < -0.4 is 10.6 Å². The van der Waals surface area contributed by atoms with Crippen molar-refractivity contribution in [1.29, 1.82) is 0 Å². The Hall–Kier alpha value is -0.810. The Morgan fingerprint density at radius 2 is 2.25 bits per heavy atom. The van der Waals surface area contributed by atoms with E-state index < -0.39 is 0 Å². The van der Waals surface area contributed by atoms with Crippen LogP contribution in [0.15, 0.2) is 0 Å². The summed E-state index contributed by atoms with van der Waals surface area (Å²) < 4.78 is 5.27. The first-order chi connectivity index (χ1) is 7.63. The molecule has 16 heavy (non-hydrogen) atoms. The molecule has 3 N–H and O–H groups in total. The zero-order valence-electron chi connectivity index (χ0n) is 10.0. The summed E-state index contributed by atoms with van der Waals surface area (Å²) in [5.41, 5.74) is 0. The van der Waals surface area contributed by atoms with Gasteiger partial charge in [-0.05, 0) is 26.7 Å². The standard InChI is InChI=1S/C11H22N2O3/c1-8(3-5-14)12-11(15)13-9(2)10-4-6-16-7-10/h8-10,14H,3-7H2,1-2H3,(H2,12,13,15)/t8-,9?,10?/m1/s1. The van der Waals surface area contributed by atoms with E-state index in [0.717, 1.165) is 19.6 Å². The van der Waals surface area contributed by atoms with Gasteiger partial charge in [0.2, 0.25) is 0 Å². The van der Waals surface area contributed by atoms with Gasteiger partial charge in [-0.2, -0.15) is 0 Å². The van der Waals surface area contributed by atoms with Crippen LogP contribution in [-0.4, -0.2) is 43.0 Å². The molecule has 2 amide bonds. The molecule has 1 rings (SSSR count). The minimum atomic E-state index is -0.166. The summed E-state index contributed by atoms with van der Waals surface area (Å²) in [4.78, 5) is 11.6. The highest BCUT2D eigenvalue weighted by atomic mass is 16.5. The summed E-state index contributed by atoms with van der Waals surface area (Å²) in [6.45, 7) is 5.48. The molecular formula is C11H22N2O3. The molecule has 94 valence electrons. The number of hydrogen-bond donors (Lipinski definition) is 3. The maximum atomic E-state index is 11.6. The SMILES string of the molecule is CC(NC(=O)N[C@H](C)CCO)C1CCOC1. The number of ether oxygens (including phenoxy) is 1. The fraction of sp³-hybridized carbons (Fsp3) is 0.909. The van der Waals surface area contributed by atoms with Gasteiger partial charge in [0.05, 0.1) is 6.61 Å². The average Bonchev–Trinajstić information content (AvgIpc) is 2.69. The van der Waals surface area contributed by atoms with Crippen molar-refractivity contribution in [2.24, 2.45) is 5.92 Å². The normalized spacial score (nSPS) is 23.8. The number of aliphatic hydroxyl groups is 1. The van der Waals surface area contributed by atoms with Crippen molar-refractivity contribution in [3.8, 4) is 0 Å². The molecule has 1 aliphatic heterocycles. The molecule has 0 aromatic carbocycles. The van der Waals surface area contributed by atoms with E-state index in [1.165, 1.54) is 0 Å². The first kappa shape index (κ1) is 13.3. The topological polar surface area (TPSA) is 70.6 Å². The lowest BCUT2D eigenvalue weighted by atomic mass is 10.0. The zero-order valence-corrected chi connectivity index (χ0v) is 10.0. The van der Waals surface area contributed by atoms with E-state index in [-0.39, 0.29) is 24.7 Å². The van der Waals surface area contributed by atoms with Gasteiger partial charge in [0, 0.05) is 31.2 Å². The third kappa shape index (κ3) is 4.37. The fourth-order valence-electron chi connectivity index (χ4n) is 1.80. The third-order valence-corrected chi connectivity index (χ3v) is 2.97. The van der Waals surface area contributed by atoms with Crippen molar-refractivity contribution < 1.29 is 14.6 Å². The molecule has 3 atom stereocenters. The number of carbonyl (C=O) groups excluding carboxylic acids is 1. The molecule has 0 radical (unpaired) electrons. The van der Waals surface area contributed by atoms with Crippen molar-refractivity contribution in [1.82, 2.24) is 10.6 Å². The van der Waals surface area contributed by atoms with Crippen LogP contribution in [0, 0.1) is 5.92 Å². The molecule has 1 aliphatic rings. The summed E-state index contributed by atoms with van der Waals surface area (Å²) in [6.07, 6.45) is 1.59. The van der Waals surface area contributed by atoms with E-state index in [4.69, 9.17) is 9.84 Å². The minimum Gasteiger partial charge on any atom is -0.396 e. The number of nitrogens with one attached hydrogen (secondary N) is 2. The largest absolute Gasteiger partial charge is 0.396 e. The molecule has 1 saturated heterocycles. The quantitative estimate of drug-likeness (QED) is 0.643. The highest BCUT2D eigenvalue weighted by Gasteiger charge is 2.23. The molecule has 1 heterocycles. The molecule has 0 aromatic rings. The lowest BCUT2D eigenvalue weighted by Crippen LogP contribution is -2.47. The van der Waals surface area contributed by atoms with Crippen LogP contribution in [-0.2, 0) is 4.74 Å². The van der Waals surface area contributed by atoms with E-state index in [0.29, 0.717) is 12.3 Å². The monoisotopic (exact) mass is 230 g/mol. The van der Waals surface area contributed by atoms with Crippen LogP contribution in [0.1, 0.15) is 26.7 Å². The van der Waals surface area contributed by atoms with E-state index in [1.54, 1.807) is 0 Å². The molecule has 0 spiro atoms. The van der Waals surface area contributed by atoms with Gasteiger partial charge in [0.1, 0.15) is 0 Å². The molecule has 0 aromatic heterocycles. The van der Waals surface area contributed by atoms with E-state index in [1.807, 2.05) is 13.8 Å². The Morgan fingerprint density at radius 1 is 1.50 bits per heavy atom. The van der Waals surface area contributed by atoms with Gasteiger partial charge in [-0.25, -0.2) is 4.79 Å². The van der Waals surface area contributed by atoms with E-state index >= 15 is 0 Å². The van der Waals surface area contributed by atoms with Crippen LogP contribution in [0.25, 0.3) is 0 Å². The Balaban J connectivity index is 2.22. The molecule has 1 fully saturated rings. The first-order valence-electron chi connectivity index (χ1n) is 5.89. The van der Waals surface area contributed by atoms with E-state index in [2.05, 4.69) is 10.6 Å². The Morgan fingerprint density at radius 3 is 2.81 bits per heavy atom. The third-order valence-electron chi connectivity index (χ3n) is 2.97. The lowest BCUT2D eigenvalue weighted by molar-refractivity contribution is 0.177. The Kier molecular flexibility index (Phi) is 5.55. The fourth-order valence-corrected chi connectivity index (χ4v) is 1.80. The van der Waals surface area contributed by atoms with Crippen molar-refractivity contribution in [3.63, 3.8) is 0 Å². The maximum Gasteiger partial charge on any atom is 0.315 e. The van der Waals surface area contributed by atoms with E-state index in [9.17, 15) is 4.79 Å². The summed E-state index contributed by atoms with van der Waals surface area (Å²) in [6, 6.07) is -0.0406. The van der Waals surface area contributed by atoms with Crippen molar-refractivity contribution in [2.75, 3.05) is 19.8 Å². The second kappa shape index (κ2) is 6.70. The molecule has 0 saturated carbocycles. The van der Waals surface area contributed by atoms with Gasteiger partial charge in [-0.15, -0.1) is 0 Å². The first-order valence-corrected chi connectivity index (χ1v) is 5.89. The van der Waals surface area contributed by atoms with Crippen molar-refractivity contribution in [2.45, 2.75) is 38.8 Å². The average molecular weight is 230 g/mol. The molecule has 0 aliphatic carbocycles. The Labute approximate surface area is 96.6 Å². The number of rotatable bonds is 5. The smallest absolute Gasteiger partial charge is 0.315 e. The summed E-state index contributed by atoms with van der Waals surface area (Å²) >= 11 is 0. The van der Waals surface area contributed by atoms with Gasteiger partial charge in [-0.3, -0.25) is 0 Å². The number of aliphatic hydroxyl groups excluding tert-OH is 1. The van der Waals surface area contributed by atoms with Gasteiger partial charge in [0.25, 0.3) is 0 Å². The number of carbonyl (C=O) groups is 1. The zero-order chi connectivity index (χ0) is 12.0. The van der Waals surface area contributed by atoms with Gasteiger partial charge < -0.3 is 20.5 Å². The van der Waals surface area contributed by atoms with Crippen LogP contribution >= 0.6 is 0 Å². The predicted molar refractivity (Wildman–Crippen MR) is 61.2 cm³/mol. The van der Waals surface area contributed by atoms with Gasteiger partial charge >= 0.3 is 6.03 Å². The number of urea groups is 1. The molecule has 5 heteroatoms. The van der Waals surface area contributed by atoms with Crippen molar-refractivity contribution >= 4 is 6.03 Å². The van der Waals surface area contributed by atoms with Crippen LogP contribution in [0.2, 0.25) is 0 Å². The summed E-state index contributed by atoms with van der Waals surface area (Å²) in [7, 11) is 0.